The third kappa shape index (κ3) is 3.69. The van der Waals surface area contributed by atoms with Crippen molar-refractivity contribution in [3.8, 4) is 0 Å². The average Bonchev–Trinajstić information content (AvgIpc) is 2.37. The first-order chi connectivity index (χ1) is 8.66. The fraction of sp³-hybridized carbons (Fsp3) is 0.571. The third-order valence-electron chi connectivity index (χ3n) is 3.43. The maximum atomic E-state index is 10.1. The molecule has 0 saturated carbocycles. The Kier molecular flexibility index (Phi) is 5.01. The Morgan fingerprint density at radius 1 is 1.56 bits per heavy atom. The van der Waals surface area contributed by atoms with Crippen LogP contribution < -0.4 is 0 Å². The van der Waals surface area contributed by atoms with Crippen molar-refractivity contribution in [1.29, 1.82) is 0 Å². The lowest BCUT2D eigenvalue weighted by molar-refractivity contribution is -0.00639. The second-order valence-corrected chi connectivity index (χ2v) is 5.26. The van der Waals surface area contributed by atoms with Gasteiger partial charge in [-0.2, -0.15) is 0 Å². The summed E-state index contributed by atoms with van der Waals surface area (Å²) in [7, 11) is 0. The summed E-state index contributed by atoms with van der Waals surface area (Å²) in [5, 5.41) is 10.8. The summed E-state index contributed by atoms with van der Waals surface area (Å²) in [6, 6.07) is 7.87. The number of aliphatic hydroxyl groups is 1. The summed E-state index contributed by atoms with van der Waals surface area (Å²) in [6.45, 7) is 5.57. The molecular formula is C14H20ClNO2. The van der Waals surface area contributed by atoms with Gasteiger partial charge in [-0.25, -0.2) is 0 Å². The SMILES string of the molecule is CC1COCCN1CCC(O)c1cccc(Cl)c1. The van der Waals surface area contributed by atoms with Gasteiger partial charge in [0.25, 0.3) is 0 Å². The highest BCUT2D eigenvalue weighted by Gasteiger charge is 2.19. The van der Waals surface area contributed by atoms with Crippen LogP contribution in [0.15, 0.2) is 24.3 Å². The van der Waals surface area contributed by atoms with Crippen LogP contribution in [0.25, 0.3) is 0 Å². The molecule has 4 heteroatoms. The van der Waals surface area contributed by atoms with E-state index in [1.807, 2.05) is 24.3 Å². The number of aliphatic hydroxyl groups excluding tert-OH is 1. The van der Waals surface area contributed by atoms with Gasteiger partial charge in [-0.15, -0.1) is 0 Å². The van der Waals surface area contributed by atoms with Gasteiger partial charge in [0.05, 0.1) is 19.3 Å². The zero-order valence-corrected chi connectivity index (χ0v) is 11.4. The molecule has 0 bridgehead atoms. The van der Waals surface area contributed by atoms with Crippen LogP contribution >= 0.6 is 11.6 Å². The molecule has 0 aromatic heterocycles. The van der Waals surface area contributed by atoms with Crippen molar-refractivity contribution in [1.82, 2.24) is 4.90 Å². The summed E-state index contributed by atoms with van der Waals surface area (Å²) < 4.78 is 5.40. The van der Waals surface area contributed by atoms with E-state index in [1.165, 1.54) is 0 Å². The van der Waals surface area contributed by atoms with Crippen LogP contribution in [0.3, 0.4) is 0 Å². The number of morpholine rings is 1. The van der Waals surface area contributed by atoms with Gasteiger partial charge < -0.3 is 9.84 Å². The van der Waals surface area contributed by atoms with Gasteiger partial charge in [-0.3, -0.25) is 4.90 Å². The van der Waals surface area contributed by atoms with Crippen molar-refractivity contribution in [2.24, 2.45) is 0 Å². The van der Waals surface area contributed by atoms with Crippen LogP contribution in [0.1, 0.15) is 25.0 Å². The number of benzene rings is 1. The van der Waals surface area contributed by atoms with Gasteiger partial charge in [-0.1, -0.05) is 23.7 Å². The van der Waals surface area contributed by atoms with E-state index in [1.54, 1.807) is 0 Å². The van der Waals surface area contributed by atoms with Crippen molar-refractivity contribution in [2.45, 2.75) is 25.5 Å². The molecule has 1 heterocycles. The standard InChI is InChI=1S/C14H20ClNO2/c1-11-10-18-8-7-16(11)6-5-14(17)12-3-2-4-13(15)9-12/h2-4,9,11,14,17H,5-8,10H2,1H3. The largest absolute Gasteiger partial charge is 0.388 e. The number of nitrogens with zero attached hydrogens (tertiary/aromatic N) is 1. The zero-order chi connectivity index (χ0) is 13.0. The van der Waals surface area contributed by atoms with Gasteiger partial charge in [-0.05, 0) is 31.0 Å². The molecule has 1 N–H and O–H groups in total. The van der Waals surface area contributed by atoms with E-state index in [0.29, 0.717) is 11.1 Å². The summed E-state index contributed by atoms with van der Waals surface area (Å²) >= 11 is 5.92. The predicted molar refractivity (Wildman–Crippen MR) is 72.9 cm³/mol. The lowest BCUT2D eigenvalue weighted by Crippen LogP contribution is -2.44. The molecular weight excluding hydrogens is 250 g/mol. The maximum Gasteiger partial charge on any atom is 0.0802 e. The summed E-state index contributed by atoms with van der Waals surface area (Å²) in [5.74, 6) is 0. The Labute approximate surface area is 113 Å². The second-order valence-electron chi connectivity index (χ2n) is 4.82. The van der Waals surface area contributed by atoms with Crippen molar-refractivity contribution < 1.29 is 9.84 Å². The van der Waals surface area contributed by atoms with Crippen molar-refractivity contribution in [2.75, 3.05) is 26.3 Å². The monoisotopic (exact) mass is 269 g/mol. The van der Waals surface area contributed by atoms with Crippen LogP contribution in [-0.2, 0) is 4.74 Å². The molecule has 1 aromatic rings. The molecule has 100 valence electrons. The minimum absolute atomic E-state index is 0.435. The van der Waals surface area contributed by atoms with Gasteiger partial charge >= 0.3 is 0 Å². The van der Waals surface area contributed by atoms with Gasteiger partial charge in [0.15, 0.2) is 0 Å². The molecule has 1 aliphatic rings. The Morgan fingerprint density at radius 2 is 2.39 bits per heavy atom. The summed E-state index contributed by atoms with van der Waals surface area (Å²) in [6.07, 6.45) is 0.281. The molecule has 1 saturated heterocycles. The number of ether oxygens (including phenoxy) is 1. The van der Waals surface area contributed by atoms with Crippen LogP contribution in [0.2, 0.25) is 5.02 Å². The van der Waals surface area contributed by atoms with Crippen LogP contribution in [0.5, 0.6) is 0 Å². The first-order valence-electron chi connectivity index (χ1n) is 6.42. The fourth-order valence-electron chi connectivity index (χ4n) is 2.26. The molecule has 1 aromatic carbocycles. The number of rotatable bonds is 4. The normalized spacial score (nSPS) is 22.9. The molecule has 2 rings (SSSR count). The van der Waals surface area contributed by atoms with E-state index in [-0.39, 0.29) is 0 Å². The summed E-state index contributed by atoms with van der Waals surface area (Å²) in [4.78, 5) is 2.36. The summed E-state index contributed by atoms with van der Waals surface area (Å²) in [5.41, 5.74) is 0.892. The Morgan fingerprint density at radius 3 is 3.11 bits per heavy atom. The topological polar surface area (TPSA) is 32.7 Å². The lowest BCUT2D eigenvalue weighted by atomic mass is 10.1. The molecule has 0 spiro atoms. The fourth-order valence-corrected chi connectivity index (χ4v) is 2.46. The van der Waals surface area contributed by atoms with Crippen molar-refractivity contribution >= 4 is 11.6 Å². The molecule has 18 heavy (non-hydrogen) atoms. The molecule has 2 unspecified atom stereocenters. The Hall–Kier alpha value is -0.610. The quantitative estimate of drug-likeness (QED) is 0.912. The molecule has 0 aliphatic carbocycles. The highest BCUT2D eigenvalue weighted by molar-refractivity contribution is 6.30. The Balaban J connectivity index is 1.86. The van der Waals surface area contributed by atoms with Crippen LogP contribution in [-0.4, -0.2) is 42.4 Å². The van der Waals surface area contributed by atoms with E-state index < -0.39 is 6.10 Å². The van der Waals surface area contributed by atoms with Crippen molar-refractivity contribution in [3.05, 3.63) is 34.9 Å². The van der Waals surface area contributed by atoms with Crippen LogP contribution in [0, 0.1) is 0 Å². The molecule has 2 atom stereocenters. The first kappa shape index (κ1) is 13.8. The Bertz CT molecular complexity index is 386. The predicted octanol–water partition coefficient (Wildman–Crippen LogP) is 2.48. The highest BCUT2D eigenvalue weighted by Crippen LogP contribution is 2.21. The number of hydrogen-bond acceptors (Lipinski definition) is 3. The minimum atomic E-state index is -0.446. The van der Waals surface area contributed by atoms with Gasteiger partial charge in [0.2, 0.25) is 0 Å². The second kappa shape index (κ2) is 6.53. The molecule has 3 nitrogen and oxygen atoms in total. The number of halogens is 1. The van der Waals surface area contributed by atoms with E-state index in [4.69, 9.17) is 16.3 Å². The third-order valence-corrected chi connectivity index (χ3v) is 3.66. The van der Waals surface area contributed by atoms with Gasteiger partial charge in [0, 0.05) is 24.2 Å². The van der Waals surface area contributed by atoms with Crippen LogP contribution in [0.4, 0.5) is 0 Å². The molecule has 1 aliphatic heterocycles. The zero-order valence-electron chi connectivity index (χ0n) is 10.7. The minimum Gasteiger partial charge on any atom is -0.388 e. The number of hydrogen-bond donors (Lipinski definition) is 1. The highest BCUT2D eigenvalue weighted by atomic mass is 35.5. The molecule has 1 fully saturated rings. The molecule has 0 radical (unpaired) electrons. The lowest BCUT2D eigenvalue weighted by Gasteiger charge is -2.33. The smallest absolute Gasteiger partial charge is 0.0802 e. The maximum absolute atomic E-state index is 10.1. The van der Waals surface area contributed by atoms with E-state index in [0.717, 1.165) is 38.3 Å². The molecule has 0 amide bonds. The van der Waals surface area contributed by atoms with E-state index >= 15 is 0 Å². The average molecular weight is 270 g/mol. The first-order valence-corrected chi connectivity index (χ1v) is 6.80. The van der Waals surface area contributed by atoms with Gasteiger partial charge in [0.1, 0.15) is 0 Å². The van der Waals surface area contributed by atoms with Crippen molar-refractivity contribution in [3.63, 3.8) is 0 Å². The van der Waals surface area contributed by atoms with E-state index in [2.05, 4.69) is 11.8 Å². The van der Waals surface area contributed by atoms with E-state index in [9.17, 15) is 5.11 Å².